The number of aromatic carboxylic acids is 1. The first-order valence-electron chi connectivity index (χ1n) is 5.56. The number of para-hydroxylation sites is 1. The topological polar surface area (TPSA) is 113 Å². The molecule has 0 saturated carbocycles. The van der Waals surface area contributed by atoms with Gasteiger partial charge in [0.25, 0.3) is 5.69 Å². The van der Waals surface area contributed by atoms with Crippen LogP contribution in [0.25, 0.3) is 0 Å². The van der Waals surface area contributed by atoms with E-state index >= 15 is 0 Å². The van der Waals surface area contributed by atoms with E-state index in [1.54, 1.807) is 0 Å². The lowest BCUT2D eigenvalue weighted by Crippen LogP contribution is -2.03. The van der Waals surface area contributed by atoms with Gasteiger partial charge in [-0.3, -0.25) is 10.1 Å². The monoisotopic (exact) mass is 274 g/mol. The highest BCUT2D eigenvalue weighted by molar-refractivity contribution is 5.97. The zero-order valence-corrected chi connectivity index (χ0v) is 10.1. The van der Waals surface area contributed by atoms with Crippen molar-refractivity contribution in [3.63, 3.8) is 0 Å². The maximum atomic E-state index is 11.1. The standard InChI is InChI=1S/C13H10N2O5/c16-11-6-2-5-10(13(17)18)12(11)14-8-3-1-4-9(7-8)15(19)20/h1-7,14,16H,(H,17,18). The van der Waals surface area contributed by atoms with Crippen LogP contribution in [0, 0.1) is 10.1 Å². The van der Waals surface area contributed by atoms with Crippen molar-refractivity contribution in [1.82, 2.24) is 0 Å². The van der Waals surface area contributed by atoms with Crippen LogP contribution in [0.1, 0.15) is 10.4 Å². The van der Waals surface area contributed by atoms with Gasteiger partial charge >= 0.3 is 5.97 Å². The maximum absolute atomic E-state index is 11.1. The molecule has 102 valence electrons. The molecule has 0 saturated heterocycles. The minimum absolute atomic E-state index is 0.0134. The lowest BCUT2D eigenvalue weighted by molar-refractivity contribution is -0.384. The zero-order valence-electron chi connectivity index (χ0n) is 10.1. The molecule has 0 fully saturated rings. The summed E-state index contributed by atoms with van der Waals surface area (Å²) >= 11 is 0. The Morgan fingerprint density at radius 3 is 2.55 bits per heavy atom. The Bertz CT molecular complexity index is 684. The van der Waals surface area contributed by atoms with E-state index < -0.39 is 10.9 Å². The number of phenolic OH excluding ortho intramolecular Hbond substituents is 1. The second-order valence-electron chi connectivity index (χ2n) is 3.94. The van der Waals surface area contributed by atoms with E-state index in [9.17, 15) is 20.0 Å². The van der Waals surface area contributed by atoms with E-state index in [2.05, 4.69) is 5.32 Å². The highest BCUT2D eigenvalue weighted by atomic mass is 16.6. The molecule has 0 atom stereocenters. The summed E-state index contributed by atoms with van der Waals surface area (Å²) in [6.07, 6.45) is 0. The fourth-order valence-corrected chi connectivity index (χ4v) is 1.69. The number of aromatic hydroxyl groups is 1. The SMILES string of the molecule is O=C(O)c1cccc(O)c1Nc1cccc([N+](=O)[O-])c1. The molecule has 0 aliphatic carbocycles. The Morgan fingerprint density at radius 2 is 1.90 bits per heavy atom. The lowest BCUT2D eigenvalue weighted by Gasteiger charge is -2.11. The average molecular weight is 274 g/mol. The molecule has 2 rings (SSSR count). The normalized spacial score (nSPS) is 10.0. The smallest absolute Gasteiger partial charge is 0.337 e. The predicted molar refractivity (Wildman–Crippen MR) is 71.4 cm³/mol. The summed E-state index contributed by atoms with van der Waals surface area (Å²) in [4.78, 5) is 21.2. The zero-order chi connectivity index (χ0) is 14.7. The molecule has 0 aliphatic heterocycles. The first-order valence-corrected chi connectivity index (χ1v) is 5.56. The number of nitrogens with zero attached hydrogens (tertiary/aromatic N) is 1. The van der Waals surface area contributed by atoms with E-state index in [0.717, 1.165) is 0 Å². The number of non-ortho nitro benzene ring substituents is 1. The van der Waals surface area contributed by atoms with Gasteiger partial charge in [0.05, 0.1) is 16.2 Å². The van der Waals surface area contributed by atoms with Crippen LogP contribution in [0.3, 0.4) is 0 Å². The Balaban J connectivity index is 2.42. The second kappa shape index (κ2) is 5.27. The van der Waals surface area contributed by atoms with Crippen molar-refractivity contribution < 1.29 is 19.9 Å². The summed E-state index contributed by atoms with van der Waals surface area (Å²) in [6, 6.07) is 9.60. The van der Waals surface area contributed by atoms with Gasteiger partial charge in [-0.25, -0.2) is 4.79 Å². The molecule has 7 heteroatoms. The molecule has 0 bridgehead atoms. The molecule has 3 N–H and O–H groups in total. The number of rotatable bonds is 4. The van der Waals surface area contributed by atoms with Crippen LogP contribution in [-0.2, 0) is 0 Å². The number of benzene rings is 2. The highest BCUT2D eigenvalue weighted by Gasteiger charge is 2.14. The first-order chi connectivity index (χ1) is 9.49. The van der Waals surface area contributed by atoms with Gasteiger partial charge in [-0.15, -0.1) is 0 Å². The molecule has 7 nitrogen and oxygen atoms in total. The maximum Gasteiger partial charge on any atom is 0.337 e. The molecule has 0 radical (unpaired) electrons. The molecule has 0 aromatic heterocycles. The van der Waals surface area contributed by atoms with Crippen LogP contribution in [0.4, 0.5) is 17.1 Å². The lowest BCUT2D eigenvalue weighted by atomic mass is 10.1. The van der Waals surface area contributed by atoms with Gasteiger partial charge in [-0.05, 0) is 18.2 Å². The van der Waals surface area contributed by atoms with Crippen molar-refractivity contribution in [2.24, 2.45) is 0 Å². The largest absolute Gasteiger partial charge is 0.506 e. The summed E-state index contributed by atoms with van der Waals surface area (Å²) in [7, 11) is 0. The molecule has 0 heterocycles. The van der Waals surface area contributed by atoms with Gasteiger partial charge in [0.15, 0.2) is 0 Å². The number of carbonyl (C=O) groups is 1. The molecule has 0 unspecified atom stereocenters. The van der Waals surface area contributed by atoms with E-state index in [1.807, 2.05) is 0 Å². The van der Waals surface area contributed by atoms with Crippen molar-refractivity contribution in [2.75, 3.05) is 5.32 Å². The van der Waals surface area contributed by atoms with Gasteiger partial charge in [-0.2, -0.15) is 0 Å². The number of anilines is 2. The van der Waals surface area contributed by atoms with Crippen LogP contribution >= 0.6 is 0 Å². The molecule has 0 amide bonds. The number of phenols is 1. The minimum atomic E-state index is -1.21. The van der Waals surface area contributed by atoms with Crippen LogP contribution < -0.4 is 5.32 Å². The van der Waals surface area contributed by atoms with Crippen LogP contribution in [0.15, 0.2) is 42.5 Å². The Hall–Kier alpha value is -3.09. The van der Waals surface area contributed by atoms with Gasteiger partial charge in [0.2, 0.25) is 0 Å². The number of hydrogen-bond acceptors (Lipinski definition) is 5. The Labute approximate surface area is 113 Å². The molecule has 2 aromatic carbocycles. The van der Waals surface area contributed by atoms with Gasteiger partial charge in [0, 0.05) is 17.8 Å². The van der Waals surface area contributed by atoms with E-state index in [-0.39, 0.29) is 22.7 Å². The fraction of sp³-hybridized carbons (Fsp3) is 0. The molecule has 20 heavy (non-hydrogen) atoms. The molecular weight excluding hydrogens is 264 g/mol. The second-order valence-corrected chi connectivity index (χ2v) is 3.94. The number of nitrogens with one attached hydrogen (secondary N) is 1. The summed E-state index contributed by atoms with van der Waals surface area (Å²) in [5.74, 6) is -1.47. The Morgan fingerprint density at radius 1 is 1.20 bits per heavy atom. The molecular formula is C13H10N2O5. The van der Waals surface area contributed by atoms with Crippen LogP contribution in [-0.4, -0.2) is 21.1 Å². The van der Waals surface area contributed by atoms with Crippen molar-refractivity contribution in [2.45, 2.75) is 0 Å². The predicted octanol–water partition coefficient (Wildman–Crippen LogP) is 2.74. The third-order valence-corrected chi connectivity index (χ3v) is 2.60. The molecule has 0 spiro atoms. The highest BCUT2D eigenvalue weighted by Crippen LogP contribution is 2.31. The summed E-state index contributed by atoms with van der Waals surface area (Å²) in [6.45, 7) is 0. The van der Waals surface area contributed by atoms with E-state index in [1.165, 1.54) is 42.5 Å². The van der Waals surface area contributed by atoms with Crippen molar-refractivity contribution in [1.29, 1.82) is 0 Å². The fourth-order valence-electron chi connectivity index (χ4n) is 1.69. The summed E-state index contributed by atoms with van der Waals surface area (Å²) in [5, 5.41) is 32.1. The number of hydrogen-bond donors (Lipinski definition) is 3. The average Bonchev–Trinajstić information content (AvgIpc) is 2.41. The summed E-state index contributed by atoms with van der Waals surface area (Å²) < 4.78 is 0. The van der Waals surface area contributed by atoms with Crippen LogP contribution in [0.2, 0.25) is 0 Å². The first kappa shape index (κ1) is 13.3. The number of carboxylic acids is 1. The van der Waals surface area contributed by atoms with E-state index in [4.69, 9.17) is 5.11 Å². The van der Waals surface area contributed by atoms with Gasteiger partial charge in [-0.1, -0.05) is 12.1 Å². The quantitative estimate of drug-likeness (QED) is 0.449. The van der Waals surface area contributed by atoms with Crippen LogP contribution in [0.5, 0.6) is 5.75 Å². The van der Waals surface area contributed by atoms with Crippen molar-refractivity contribution in [3.05, 3.63) is 58.1 Å². The third-order valence-electron chi connectivity index (χ3n) is 2.60. The van der Waals surface area contributed by atoms with Crippen molar-refractivity contribution in [3.8, 4) is 5.75 Å². The van der Waals surface area contributed by atoms with Gasteiger partial charge < -0.3 is 15.5 Å². The van der Waals surface area contributed by atoms with Gasteiger partial charge in [0.1, 0.15) is 5.75 Å². The number of carboxylic acid groups (broad SMARTS) is 1. The van der Waals surface area contributed by atoms with Crippen molar-refractivity contribution >= 4 is 23.0 Å². The van der Waals surface area contributed by atoms with E-state index in [0.29, 0.717) is 5.69 Å². The molecule has 2 aromatic rings. The number of nitro benzene ring substituents is 1. The molecule has 0 aliphatic rings. The Kier molecular flexibility index (Phi) is 3.52. The minimum Gasteiger partial charge on any atom is -0.506 e. The third kappa shape index (κ3) is 2.66. The summed E-state index contributed by atoms with van der Waals surface area (Å²) in [5.41, 5.74) is 0.0301. The number of nitro groups is 1.